The van der Waals surface area contributed by atoms with Gasteiger partial charge < -0.3 is 4.74 Å². The van der Waals surface area contributed by atoms with E-state index in [4.69, 9.17) is 4.74 Å². The van der Waals surface area contributed by atoms with E-state index in [9.17, 15) is 9.18 Å². The Bertz CT molecular complexity index is 304. The molecule has 20 heavy (non-hydrogen) atoms. The second-order valence-corrected chi connectivity index (χ2v) is 6.64. The van der Waals surface area contributed by atoms with E-state index >= 15 is 0 Å². The Labute approximate surface area is 122 Å². The lowest BCUT2D eigenvalue weighted by atomic mass is 9.69. The van der Waals surface area contributed by atoms with Crippen LogP contribution in [0.25, 0.3) is 0 Å². The fourth-order valence-corrected chi connectivity index (χ4v) is 4.01. The Morgan fingerprint density at radius 2 is 1.75 bits per heavy atom. The molecule has 2 fully saturated rings. The molecule has 2 rings (SSSR count). The molecule has 2 nitrogen and oxygen atoms in total. The number of carbonyl (C=O) groups is 1. The molecule has 0 aromatic rings. The van der Waals surface area contributed by atoms with Crippen LogP contribution in [0, 0.1) is 5.92 Å². The van der Waals surface area contributed by atoms with Gasteiger partial charge in [0.05, 0.1) is 0 Å². The minimum atomic E-state index is -1.43. The fraction of sp³-hybridized carbons (Fsp3) is 0.941. The van der Waals surface area contributed by atoms with Crippen molar-refractivity contribution in [3.05, 3.63) is 0 Å². The van der Waals surface area contributed by atoms with Crippen molar-refractivity contribution in [3.8, 4) is 0 Å². The van der Waals surface area contributed by atoms with E-state index in [2.05, 4.69) is 0 Å². The first kappa shape index (κ1) is 15.8. The molecule has 0 amide bonds. The largest absolute Gasteiger partial charge is 0.457 e. The first-order valence-corrected chi connectivity index (χ1v) is 8.55. The van der Waals surface area contributed by atoms with Crippen molar-refractivity contribution in [1.29, 1.82) is 0 Å². The highest BCUT2D eigenvalue weighted by Gasteiger charge is 2.44. The fourth-order valence-electron chi connectivity index (χ4n) is 4.01. The Balaban J connectivity index is 2.04. The third-order valence-electron chi connectivity index (χ3n) is 5.15. The third kappa shape index (κ3) is 3.73. The molecule has 0 bridgehead atoms. The van der Waals surface area contributed by atoms with Crippen LogP contribution in [0.1, 0.15) is 84.0 Å². The Kier molecular flexibility index (Phi) is 5.86. The van der Waals surface area contributed by atoms with Gasteiger partial charge in [-0.05, 0) is 50.9 Å². The van der Waals surface area contributed by atoms with E-state index in [0.29, 0.717) is 18.8 Å². The molecule has 0 aromatic heterocycles. The first-order valence-electron chi connectivity index (χ1n) is 8.55. The van der Waals surface area contributed by atoms with E-state index in [0.717, 1.165) is 38.5 Å². The van der Waals surface area contributed by atoms with Gasteiger partial charge in [0.1, 0.15) is 5.60 Å². The predicted octanol–water partition coefficient (Wildman–Crippen LogP) is 4.95. The highest BCUT2D eigenvalue weighted by atomic mass is 19.1. The molecular formula is C17H29FO2. The summed E-state index contributed by atoms with van der Waals surface area (Å²) >= 11 is 0. The quantitative estimate of drug-likeness (QED) is 0.668. The molecule has 0 heterocycles. The molecule has 0 spiro atoms. The van der Waals surface area contributed by atoms with Gasteiger partial charge in [-0.25, -0.2) is 9.18 Å². The number of ether oxygens (including phenoxy) is 1. The van der Waals surface area contributed by atoms with Gasteiger partial charge in [0.15, 0.2) is 6.17 Å². The van der Waals surface area contributed by atoms with Crippen LogP contribution >= 0.6 is 0 Å². The van der Waals surface area contributed by atoms with Gasteiger partial charge in [0.25, 0.3) is 0 Å². The minimum absolute atomic E-state index is 0.291. The number of carbonyl (C=O) groups excluding carboxylic acids is 1. The summed E-state index contributed by atoms with van der Waals surface area (Å²) in [4.78, 5) is 12.1. The van der Waals surface area contributed by atoms with Gasteiger partial charge in [-0.15, -0.1) is 0 Å². The zero-order valence-electron chi connectivity index (χ0n) is 12.8. The van der Waals surface area contributed by atoms with Crippen LogP contribution < -0.4 is 0 Å². The van der Waals surface area contributed by atoms with Gasteiger partial charge in [-0.2, -0.15) is 0 Å². The molecule has 2 saturated carbocycles. The standard InChI is InChI=1S/C17H29FO2/c1-2-9-15(18)16(19)20-17(12-7-4-8-13-17)14-10-5-3-6-11-14/h14-15H,2-13H2,1H3/t15-/m1/s1. The predicted molar refractivity (Wildman–Crippen MR) is 78.3 cm³/mol. The van der Waals surface area contributed by atoms with E-state index in [1.165, 1.54) is 25.7 Å². The van der Waals surface area contributed by atoms with Crippen LogP contribution in [0.15, 0.2) is 0 Å². The van der Waals surface area contributed by atoms with Crippen LogP contribution in [0.2, 0.25) is 0 Å². The van der Waals surface area contributed by atoms with Crippen LogP contribution in [0.5, 0.6) is 0 Å². The number of alkyl halides is 1. The van der Waals surface area contributed by atoms with Crippen LogP contribution in [-0.2, 0) is 9.53 Å². The highest BCUT2D eigenvalue weighted by Crippen LogP contribution is 2.44. The maximum Gasteiger partial charge on any atom is 0.341 e. The van der Waals surface area contributed by atoms with Crippen molar-refractivity contribution in [2.45, 2.75) is 95.7 Å². The van der Waals surface area contributed by atoms with Crippen LogP contribution in [-0.4, -0.2) is 17.7 Å². The summed E-state index contributed by atoms with van der Waals surface area (Å²) in [5.74, 6) is -0.131. The number of halogens is 1. The van der Waals surface area contributed by atoms with Crippen molar-refractivity contribution in [1.82, 2.24) is 0 Å². The first-order chi connectivity index (χ1) is 9.68. The molecule has 1 atom stereocenters. The smallest absolute Gasteiger partial charge is 0.341 e. The van der Waals surface area contributed by atoms with Crippen molar-refractivity contribution >= 4 is 5.97 Å². The molecule has 0 radical (unpaired) electrons. The van der Waals surface area contributed by atoms with E-state index in [-0.39, 0.29) is 5.60 Å². The SMILES string of the molecule is CCC[C@@H](F)C(=O)OC1(C2CCCCC2)CCCCC1. The summed E-state index contributed by atoms with van der Waals surface area (Å²) < 4.78 is 19.6. The number of hydrogen-bond acceptors (Lipinski definition) is 2. The summed E-state index contributed by atoms with van der Waals surface area (Å²) in [6.07, 6.45) is 11.0. The number of rotatable bonds is 5. The summed E-state index contributed by atoms with van der Waals surface area (Å²) in [7, 11) is 0. The van der Waals surface area contributed by atoms with Crippen molar-refractivity contribution < 1.29 is 13.9 Å². The van der Waals surface area contributed by atoms with E-state index in [1.54, 1.807) is 0 Å². The molecule has 116 valence electrons. The molecule has 3 heteroatoms. The van der Waals surface area contributed by atoms with Crippen LogP contribution in [0.4, 0.5) is 4.39 Å². The molecule has 0 aliphatic heterocycles. The summed E-state index contributed by atoms with van der Waals surface area (Å²) in [6, 6.07) is 0. The van der Waals surface area contributed by atoms with E-state index in [1.807, 2.05) is 6.92 Å². The molecule has 0 unspecified atom stereocenters. The normalized spacial score (nSPS) is 25.1. The van der Waals surface area contributed by atoms with Crippen LogP contribution in [0.3, 0.4) is 0 Å². The average molecular weight is 284 g/mol. The van der Waals surface area contributed by atoms with Crippen molar-refractivity contribution in [2.75, 3.05) is 0 Å². The number of hydrogen-bond donors (Lipinski definition) is 0. The second-order valence-electron chi connectivity index (χ2n) is 6.64. The maximum absolute atomic E-state index is 13.8. The lowest BCUT2D eigenvalue weighted by Gasteiger charge is -2.44. The Hall–Kier alpha value is -0.600. The Morgan fingerprint density at radius 3 is 2.35 bits per heavy atom. The van der Waals surface area contributed by atoms with Gasteiger partial charge in [-0.3, -0.25) is 0 Å². The molecular weight excluding hydrogens is 255 g/mol. The van der Waals surface area contributed by atoms with Gasteiger partial charge in [-0.1, -0.05) is 39.0 Å². The maximum atomic E-state index is 13.8. The van der Waals surface area contributed by atoms with Crippen molar-refractivity contribution in [2.24, 2.45) is 5.92 Å². The third-order valence-corrected chi connectivity index (χ3v) is 5.15. The van der Waals surface area contributed by atoms with Gasteiger partial charge >= 0.3 is 5.97 Å². The molecule has 2 aliphatic carbocycles. The second kappa shape index (κ2) is 7.42. The number of esters is 1. The summed E-state index contributed by atoms with van der Waals surface area (Å²) in [6.45, 7) is 1.90. The van der Waals surface area contributed by atoms with Gasteiger partial charge in [0.2, 0.25) is 0 Å². The molecule has 0 aromatic carbocycles. The highest BCUT2D eigenvalue weighted by molar-refractivity contribution is 5.75. The molecule has 2 aliphatic rings. The van der Waals surface area contributed by atoms with Crippen molar-refractivity contribution in [3.63, 3.8) is 0 Å². The van der Waals surface area contributed by atoms with E-state index < -0.39 is 12.1 Å². The minimum Gasteiger partial charge on any atom is -0.457 e. The summed E-state index contributed by atoms with van der Waals surface area (Å²) in [5, 5.41) is 0. The monoisotopic (exact) mass is 284 g/mol. The Morgan fingerprint density at radius 1 is 1.15 bits per heavy atom. The molecule has 0 N–H and O–H groups in total. The zero-order valence-corrected chi connectivity index (χ0v) is 12.8. The zero-order chi connectivity index (χ0) is 14.4. The lowest BCUT2D eigenvalue weighted by molar-refractivity contribution is -0.179. The topological polar surface area (TPSA) is 26.3 Å². The summed E-state index contributed by atoms with van der Waals surface area (Å²) in [5.41, 5.74) is -0.339. The lowest BCUT2D eigenvalue weighted by Crippen LogP contribution is -2.46. The van der Waals surface area contributed by atoms with Gasteiger partial charge in [0, 0.05) is 0 Å². The molecule has 0 saturated heterocycles. The average Bonchev–Trinajstić information content (AvgIpc) is 2.49.